The molecule has 1 N–H and O–H groups in total. The molecule has 0 fully saturated rings. The number of nitrogens with zero attached hydrogens (tertiary/aromatic N) is 1. The quantitative estimate of drug-likeness (QED) is 0.725. The minimum atomic E-state index is -1.23. The van der Waals surface area contributed by atoms with Gasteiger partial charge in [0.15, 0.2) is 16.8 Å². The fourth-order valence-electron chi connectivity index (χ4n) is 1.82. The Morgan fingerprint density at radius 1 is 1.05 bits per heavy atom. The van der Waals surface area contributed by atoms with Crippen molar-refractivity contribution in [3.63, 3.8) is 0 Å². The summed E-state index contributed by atoms with van der Waals surface area (Å²) in [7, 11) is 1.55. The summed E-state index contributed by atoms with van der Waals surface area (Å²) in [4.78, 5) is 4.25. The van der Waals surface area contributed by atoms with Crippen molar-refractivity contribution in [1.29, 1.82) is 0 Å². The molecular weight excluding hydrogens is 301 g/mol. The van der Waals surface area contributed by atoms with E-state index >= 15 is 0 Å². The Bertz CT molecular complexity index is 819. The molecule has 1 aromatic heterocycles. The predicted octanol–water partition coefficient (Wildman–Crippen LogP) is 4.47. The van der Waals surface area contributed by atoms with Gasteiger partial charge >= 0.3 is 0 Å². The van der Waals surface area contributed by atoms with Crippen molar-refractivity contribution in [2.75, 3.05) is 12.4 Å². The van der Waals surface area contributed by atoms with Crippen LogP contribution in [0.5, 0.6) is 5.75 Å². The van der Waals surface area contributed by atoms with E-state index in [1.54, 1.807) is 25.3 Å². The van der Waals surface area contributed by atoms with Crippen LogP contribution < -0.4 is 10.1 Å². The van der Waals surface area contributed by atoms with Crippen molar-refractivity contribution in [3.8, 4) is 5.75 Å². The lowest BCUT2D eigenvalue weighted by Crippen LogP contribution is -1.96. The summed E-state index contributed by atoms with van der Waals surface area (Å²) in [6, 6.07) is 6.56. The number of rotatable bonds is 3. The number of anilines is 2. The molecule has 1 heterocycles. The summed E-state index contributed by atoms with van der Waals surface area (Å²) >= 11 is 1.26. The molecule has 108 valence electrons. The SMILES string of the molecule is COc1ccc2nc(Nc3cc(F)c(F)cc3F)sc2c1. The van der Waals surface area contributed by atoms with E-state index in [0.29, 0.717) is 22.5 Å². The molecule has 0 atom stereocenters. The van der Waals surface area contributed by atoms with Gasteiger partial charge in [-0.05, 0) is 18.2 Å². The molecule has 2 aromatic carbocycles. The molecular formula is C14H9F3N2OS. The number of benzene rings is 2. The van der Waals surface area contributed by atoms with Crippen LogP contribution in [0.2, 0.25) is 0 Å². The maximum absolute atomic E-state index is 13.6. The molecule has 7 heteroatoms. The first-order valence-corrected chi connectivity index (χ1v) is 6.74. The van der Waals surface area contributed by atoms with Crippen molar-refractivity contribution in [3.05, 3.63) is 47.8 Å². The summed E-state index contributed by atoms with van der Waals surface area (Å²) in [6.07, 6.45) is 0. The largest absolute Gasteiger partial charge is 0.497 e. The highest BCUT2D eigenvalue weighted by Crippen LogP contribution is 2.31. The second kappa shape index (κ2) is 5.25. The van der Waals surface area contributed by atoms with Gasteiger partial charge in [0.25, 0.3) is 0 Å². The minimum Gasteiger partial charge on any atom is -0.497 e. The molecule has 0 aliphatic heterocycles. The van der Waals surface area contributed by atoms with Gasteiger partial charge < -0.3 is 10.1 Å². The lowest BCUT2D eigenvalue weighted by molar-refractivity contribution is 0.415. The van der Waals surface area contributed by atoms with Crippen LogP contribution >= 0.6 is 11.3 Å². The highest BCUT2D eigenvalue weighted by molar-refractivity contribution is 7.22. The van der Waals surface area contributed by atoms with Crippen LogP contribution in [0.15, 0.2) is 30.3 Å². The molecule has 0 saturated heterocycles. The van der Waals surface area contributed by atoms with E-state index in [1.807, 2.05) is 0 Å². The van der Waals surface area contributed by atoms with Gasteiger partial charge in [-0.15, -0.1) is 0 Å². The van der Waals surface area contributed by atoms with Gasteiger partial charge in [0, 0.05) is 12.1 Å². The molecule has 0 aliphatic rings. The zero-order valence-electron chi connectivity index (χ0n) is 10.8. The maximum Gasteiger partial charge on any atom is 0.188 e. The van der Waals surface area contributed by atoms with Gasteiger partial charge in [0.05, 0.1) is 23.0 Å². The number of methoxy groups -OCH3 is 1. The molecule has 3 aromatic rings. The Kier molecular flexibility index (Phi) is 3.42. The van der Waals surface area contributed by atoms with Crippen molar-refractivity contribution < 1.29 is 17.9 Å². The smallest absolute Gasteiger partial charge is 0.188 e. The van der Waals surface area contributed by atoms with Crippen molar-refractivity contribution >= 4 is 32.4 Å². The van der Waals surface area contributed by atoms with E-state index in [9.17, 15) is 13.2 Å². The zero-order valence-corrected chi connectivity index (χ0v) is 11.6. The van der Waals surface area contributed by atoms with Gasteiger partial charge in [-0.3, -0.25) is 0 Å². The number of hydrogen-bond donors (Lipinski definition) is 1. The number of halogens is 3. The normalized spacial score (nSPS) is 10.9. The molecule has 0 amide bonds. The summed E-state index contributed by atoms with van der Waals surface area (Å²) in [5, 5.41) is 3.03. The van der Waals surface area contributed by atoms with Crippen LogP contribution in [-0.4, -0.2) is 12.1 Å². The number of aromatic nitrogens is 1. The monoisotopic (exact) mass is 310 g/mol. The number of fused-ring (bicyclic) bond motifs is 1. The Balaban J connectivity index is 1.96. The Morgan fingerprint density at radius 2 is 1.81 bits per heavy atom. The molecule has 0 spiro atoms. The van der Waals surface area contributed by atoms with Crippen LogP contribution in [0.25, 0.3) is 10.2 Å². The minimum absolute atomic E-state index is 0.167. The van der Waals surface area contributed by atoms with Crippen LogP contribution in [0.4, 0.5) is 24.0 Å². The first-order valence-electron chi connectivity index (χ1n) is 5.93. The molecule has 3 rings (SSSR count). The first-order chi connectivity index (χ1) is 10.1. The Morgan fingerprint density at radius 3 is 2.57 bits per heavy atom. The second-order valence-electron chi connectivity index (χ2n) is 4.22. The number of hydrogen-bond acceptors (Lipinski definition) is 4. The Hall–Kier alpha value is -2.28. The average molecular weight is 310 g/mol. The van der Waals surface area contributed by atoms with Gasteiger partial charge in [-0.1, -0.05) is 11.3 Å². The lowest BCUT2D eigenvalue weighted by atomic mass is 10.3. The molecule has 0 saturated carbocycles. The van der Waals surface area contributed by atoms with Crippen molar-refractivity contribution in [1.82, 2.24) is 4.98 Å². The van der Waals surface area contributed by atoms with Crippen molar-refractivity contribution in [2.45, 2.75) is 0 Å². The molecule has 0 aliphatic carbocycles. The van der Waals surface area contributed by atoms with Crippen molar-refractivity contribution in [2.24, 2.45) is 0 Å². The third kappa shape index (κ3) is 2.64. The van der Waals surface area contributed by atoms with Crippen LogP contribution in [-0.2, 0) is 0 Å². The first kappa shape index (κ1) is 13.7. The maximum atomic E-state index is 13.6. The summed E-state index contributed by atoms with van der Waals surface area (Å²) < 4.78 is 45.5. The molecule has 0 unspecified atom stereocenters. The van der Waals surface area contributed by atoms with E-state index in [4.69, 9.17) is 4.74 Å². The van der Waals surface area contributed by atoms with Gasteiger partial charge in [-0.2, -0.15) is 0 Å². The van der Waals surface area contributed by atoms with E-state index < -0.39 is 17.5 Å². The molecule has 0 radical (unpaired) electrons. The number of thiazole rings is 1. The zero-order chi connectivity index (χ0) is 15.0. The highest BCUT2D eigenvalue weighted by Gasteiger charge is 2.12. The lowest BCUT2D eigenvalue weighted by Gasteiger charge is -2.04. The highest BCUT2D eigenvalue weighted by atomic mass is 32.1. The second-order valence-corrected chi connectivity index (χ2v) is 5.25. The third-order valence-corrected chi connectivity index (χ3v) is 3.78. The summed E-state index contributed by atoms with van der Waals surface area (Å²) in [6.45, 7) is 0. The number of ether oxygens (including phenoxy) is 1. The Labute approximate surface area is 122 Å². The summed E-state index contributed by atoms with van der Waals surface area (Å²) in [5.41, 5.74) is 0.534. The van der Waals surface area contributed by atoms with E-state index in [1.165, 1.54) is 11.3 Å². The van der Waals surface area contributed by atoms with E-state index in [0.717, 1.165) is 10.8 Å². The van der Waals surface area contributed by atoms with E-state index in [-0.39, 0.29) is 5.69 Å². The average Bonchev–Trinajstić information content (AvgIpc) is 2.85. The van der Waals surface area contributed by atoms with Gasteiger partial charge in [-0.25, -0.2) is 18.2 Å². The summed E-state index contributed by atoms with van der Waals surface area (Å²) in [5.74, 6) is -2.56. The van der Waals surface area contributed by atoms with Crippen LogP contribution in [0, 0.1) is 17.5 Å². The van der Waals surface area contributed by atoms with Gasteiger partial charge in [0.2, 0.25) is 0 Å². The molecule has 3 nitrogen and oxygen atoms in total. The fourth-order valence-corrected chi connectivity index (χ4v) is 2.73. The molecule has 21 heavy (non-hydrogen) atoms. The standard InChI is InChI=1S/C14H9F3N2OS/c1-20-7-2-3-11-13(4-7)21-14(18-11)19-12-6-9(16)8(15)5-10(12)17/h2-6H,1H3,(H,18,19). The topological polar surface area (TPSA) is 34.1 Å². The van der Waals surface area contributed by atoms with Gasteiger partial charge in [0.1, 0.15) is 11.6 Å². The molecule has 0 bridgehead atoms. The van der Waals surface area contributed by atoms with Crippen LogP contribution in [0.1, 0.15) is 0 Å². The van der Waals surface area contributed by atoms with Crippen LogP contribution in [0.3, 0.4) is 0 Å². The van der Waals surface area contributed by atoms with E-state index in [2.05, 4.69) is 10.3 Å². The fraction of sp³-hybridized carbons (Fsp3) is 0.0714. The third-order valence-electron chi connectivity index (χ3n) is 2.85. The number of nitrogens with one attached hydrogen (secondary N) is 1. The predicted molar refractivity (Wildman–Crippen MR) is 75.8 cm³/mol.